The van der Waals surface area contributed by atoms with Crippen LogP contribution in [0.4, 0.5) is 0 Å². The molecule has 0 spiro atoms. The lowest BCUT2D eigenvalue weighted by molar-refractivity contribution is 0.0946. The number of rotatable bonds is 8. The second-order valence-corrected chi connectivity index (χ2v) is 4.89. The molecule has 0 aliphatic rings. The molecule has 1 unspecified atom stereocenters. The second kappa shape index (κ2) is 8.08. The number of carbonyl (C=O) groups is 1. The molecule has 1 rings (SSSR count). The molecule has 3 nitrogen and oxygen atoms in total. The molecular weight excluding hydrogens is 238 g/mol. The molecule has 19 heavy (non-hydrogen) atoms. The molecule has 0 aliphatic heterocycles. The van der Waals surface area contributed by atoms with Crippen LogP contribution in [-0.4, -0.2) is 31.6 Å². The molecule has 0 bridgehead atoms. The van der Waals surface area contributed by atoms with Crippen molar-refractivity contribution in [2.75, 3.05) is 19.8 Å². The number of carbonyl (C=O) groups excluding carboxylic acids is 1. The Hall–Kier alpha value is -1.19. The van der Waals surface area contributed by atoms with Crippen molar-refractivity contribution in [2.24, 2.45) is 0 Å². The minimum Gasteiger partial charge on any atom is -0.382 e. The van der Waals surface area contributed by atoms with E-state index in [0.717, 1.165) is 37.3 Å². The van der Waals surface area contributed by atoms with Gasteiger partial charge in [0.1, 0.15) is 0 Å². The van der Waals surface area contributed by atoms with Crippen molar-refractivity contribution in [1.29, 1.82) is 0 Å². The van der Waals surface area contributed by atoms with E-state index in [4.69, 9.17) is 4.74 Å². The van der Waals surface area contributed by atoms with E-state index in [1.54, 1.807) is 0 Å². The van der Waals surface area contributed by atoms with Gasteiger partial charge in [-0.3, -0.25) is 4.79 Å². The Morgan fingerprint density at radius 2 is 2.05 bits per heavy atom. The van der Waals surface area contributed by atoms with E-state index in [2.05, 4.69) is 12.2 Å². The van der Waals surface area contributed by atoms with E-state index in [1.807, 2.05) is 39.0 Å². The molecule has 0 aromatic heterocycles. The van der Waals surface area contributed by atoms with E-state index < -0.39 is 0 Å². The van der Waals surface area contributed by atoms with Gasteiger partial charge in [-0.2, -0.15) is 0 Å². The number of aryl methyl sites for hydroxylation is 2. The Balaban J connectivity index is 2.45. The maximum atomic E-state index is 12.2. The molecule has 1 aromatic rings. The van der Waals surface area contributed by atoms with Gasteiger partial charge in [-0.25, -0.2) is 0 Å². The highest BCUT2D eigenvalue weighted by Crippen LogP contribution is 2.11. The lowest BCUT2D eigenvalue weighted by atomic mass is 10.0. The maximum absolute atomic E-state index is 12.2. The molecule has 106 valence electrons. The number of hydrogen-bond donors (Lipinski definition) is 1. The Bertz CT molecular complexity index is 415. The van der Waals surface area contributed by atoms with E-state index in [9.17, 15) is 4.79 Å². The quantitative estimate of drug-likeness (QED) is 0.579. The van der Waals surface area contributed by atoms with Crippen LogP contribution in [0.25, 0.3) is 0 Å². The predicted octanol–water partition coefficient (Wildman–Crippen LogP) is 2.89. The molecule has 1 N–H and O–H groups in total. The normalized spacial score (nSPS) is 12.4. The van der Waals surface area contributed by atoms with Gasteiger partial charge >= 0.3 is 0 Å². The maximum Gasteiger partial charge on any atom is 0.179 e. The number of nitrogens with one attached hydrogen (secondary N) is 1. The highest BCUT2D eigenvalue weighted by atomic mass is 16.5. The first kappa shape index (κ1) is 15.9. The monoisotopic (exact) mass is 263 g/mol. The Labute approximate surface area is 116 Å². The number of ether oxygens (including phenoxy) is 1. The molecule has 1 aromatic carbocycles. The average Bonchev–Trinajstić information content (AvgIpc) is 2.40. The van der Waals surface area contributed by atoms with E-state index in [1.165, 1.54) is 5.56 Å². The third-order valence-corrected chi connectivity index (χ3v) is 3.30. The van der Waals surface area contributed by atoms with Crippen molar-refractivity contribution in [3.05, 3.63) is 34.9 Å². The molecule has 1 atom stereocenters. The minimum atomic E-state index is -0.149. The highest BCUT2D eigenvalue weighted by molar-refractivity contribution is 6.00. The molecule has 0 radical (unpaired) electrons. The van der Waals surface area contributed by atoms with Gasteiger partial charge < -0.3 is 10.1 Å². The summed E-state index contributed by atoms with van der Waals surface area (Å²) < 4.78 is 5.26. The summed E-state index contributed by atoms with van der Waals surface area (Å²) in [5, 5.41) is 3.24. The summed E-state index contributed by atoms with van der Waals surface area (Å²) in [5.41, 5.74) is 3.16. The van der Waals surface area contributed by atoms with Crippen LogP contribution in [0.2, 0.25) is 0 Å². The largest absolute Gasteiger partial charge is 0.382 e. The van der Waals surface area contributed by atoms with E-state index in [0.29, 0.717) is 0 Å². The number of benzene rings is 1. The SMILES string of the molecule is CCOCCCNC(C)C(=O)c1ccc(C)c(C)c1. The molecule has 0 fully saturated rings. The van der Waals surface area contributed by atoms with Crippen molar-refractivity contribution < 1.29 is 9.53 Å². The molecule has 0 saturated carbocycles. The molecule has 0 aliphatic carbocycles. The fourth-order valence-electron chi connectivity index (χ4n) is 1.87. The van der Waals surface area contributed by atoms with Crippen LogP contribution in [0, 0.1) is 13.8 Å². The third kappa shape index (κ3) is 5.13. The Kier molecular flexibility index (Phi) is 6.74. The van der Waals surface area contributed by atoms with Gasteiger partial charge in [-0.05, 0) is 57.9 Å². The Morgan fingerprint density at radius 3 is 2.68 bits per heavy atom. The van der Waals surface area contributed by atoms with E-state index >= 15 is 0 Å². The molecule has 3 heteroatoms. The standard InChI is InChI=1S/C16H25NO2/c1-5-19-10-6-9-17-14(4)16(18)15-8-7-12(2)13(3)11-15/h7-8,11,14,17H,5-6,9-10H2,1-4H3. The van der Waals surface area contributed by atoms with Gasteiger partial charge in [-0.1, -0.05) is 12.1 Å². The molecular formula is C16H25NO2. The van der Waals surface area contributed by atoms with Crippen molar-refractivity contribution >= 4 is 5.78 Å². The van der Waals surface area contributed by atoms with Crippen LogP contribution >= 0.6 is 0 Å². The summed E-state index contributed by atoms with van der Waals surface area (Å²) >= 11 is 0. The minimum absolute atomic E-state index is 0.149. The molecule has 0 heterocycles. The van der Waals surface area contributed by atoms with Crippen molar-refractivity contribution in [2.45, 2.75) is 40.2 Å². The van der Waals surface area contributed by atoms with Crippen molar-refractivity contribution in [3.8, 4) is 0 Å². The van der Waals surface area contributed by atoms with Crippen LogP contribution in [0.5, 0.6) is 0 Å². The smallest absolute Gasteiger partial charge is 0.179 e. The summed E-state index contributed by atoms with van der Waals surface area (Å²) in [5.74, 6) is 0.152. The zero-order valence-corrected chi connectivity index (χ0v) is 12.5. The number of ketones is 1. The lowest BCUT2D eigenvalue weighted by Crippen LogP contribution is -2.35. The summed E-state index contributed by atoms with van der Waals surface area (Å²) in [6, 6.07) is 5.73. The fraction of sp³-hybridized carbons (Fsp3) is 0.562. The first-order chi connectivity index (χ1) is 9.06. The predicted molar refractivity (Wildman–Crippen MR) is 78.8 cm³/mol. The lowest BCUT2D eigenvalue weighted by Gasteiger charge is -2.13. The van der Waals surface area contributed by atoms with Crippen LogP contribution < -0.4 is 5.32 Å². The summed E-state index contributed by atoms with van der Waals surface area (Å²) in [4.78, 5) is 12.2. The van der Waals surface area contributed by atoms with Gasteiger partial charge in [-0.15, -0.1) is 0 Å². The summed E-state index contributed by atoms with van der Waals surface area (Å²) in [6.45, 7) is 10.3. The van der Waals surface area contributed by atoms with Crippen LogP contribution in [0.1, 0.15) is 41.8 Å². The first-order valence-corrected chi connectivity index (χ1v) is 6.98. The van der Waals surface area contributed by atoms with Gasteiger partial charge in [0.25, 0.3) is 0 Å². The topological polar surface area (TPSA) is 38.3 Å². The zero-order chi connectivity index (χ0) is 14.3. The highest BCUT2D eigenvalue weighted by Gasteiger charge is 2.14. The molecule has 0 saturated heterocycles. The number of hydrogen-bond acceptors (Lipinski definition) is 3. The summed E-state index contributed by atoms with van der Waals surface area (Å²) in [6.07, 6.45) is 0.929. The van der Waals surface area contributed by atoms with Crippen LogP contribution in [0.15, 0.2) is 18.2 Å². The van der Waals surface area contributed by atoms with E-state index in [-0.39, 0.29) is 11.8 Å². The van der Waals surface area contributed by atoms with Gasteiger partial charge in [0, 0.05) is 18.8 Å². The Morgan fingerprint density at radius 1 is 1.32 bits per heavy atom. The first-order valence-electron chi connectivity index (χ1n) is 6.98. The summed E-state index contributed by atoms with van der Waals surface area (Å²) in [7, 11) is 0. The van der Waals surface area contributed by atoms with Gasteiger partial charge in [0.2, 0.25) is 0 Å². The van der Waals surface area contributed by atoms with Crippen LogP contribution in [-0.2, 0) is 4.74 Å². The van der Waals surface area contributed by atoms with Crippen molar-refractivity contribution in [3.63, 3.8) is 0 Å². The zero-order valence-electron chi connectivity index (χ0n) is 12.5. The van der Waals surface area contributed by atoms with Crippen molar-refractivity contribution in [1.82, 2.24) is 5.32 Å². The molecule has 0 amide bonds. The van der Waals surface area contributed by atoms with Gasteiger partial charge in [0.15, 0.2) is 5.78 Å². The average molecular weight is 263 g/mol. The third-order valence-electron chi connectivity index (χ3n) is 3.30. The second-order valence-electron chi connectivity index (χ2n) is 4.89. The number of Topliss-reactive ketones (excluding diaryl/α,β-unsaturated/α-hetero) is 1. The van der Waals surface area contributed by atoms with Gasteiger partial charge in [0.05, 0.1) is 6.04 Å². The fourth-order valence-corrected chi connectivity index (χ4v) is 1.87. The van der Waals surface area contributed by atoms with Crippen LogP contribution in [0.3, 0.4) is 0 Å².